The van der Waals surface area contributed by atoms with Crippen LogP contribution in [0.1, 0.15) is 34.8 Å². The van der Waals surface area contributed by atoms with Crippen LogP contribution in [-0.4, -0.2) is 46.5 Å². The van der Waals surface area contributed by atoms with Crippen LogP contribution in [0.25, 0.3) is 0 Å². The fourth-order valence-corrected chi connectivity index (χ4v) is 4.80. The molecule has 3 aliphatic rings. The highest BCUT2D eigenvalue weighted by atomic mass is 19.2. The number of rotatable bonds is 2. The lowest BCUT2D eigenvalue weighted by Crippen LogP contribution is -2.49. The number of benzene rings is 2. The minimum atomic E-state index is -1.06. The highest BCUT2D eigenvalue weighted by Gasteiger charge is 2.65. The van der Waals surface area contributed by atoms with E-state index in [1.54, 1.807) is 9.80 Å². The summed E-state index contributed by atoms with van der Waals surface area (Å²) in [6, 6.07) is 12.2. The zero-order valence-corrected chi connectivity index (χ0v) is 15.0. The van der Waals surface area contributed by atoms with E-state index >= 15 is 0 Å². The van der Waals surface area contributed by atoms with E-state index in [4.69, 9.17) is 4.74 Å². The third kappa shape index (κ3) is 2.32. The Hall–Kier alpha value is -2.80. The number of ether oxygens (including phenoxy) is 1. The average Bonchev–Trinajstić information content (AvgIpc) is 3.33. The Morgan fingerprint density at radius 1 is 1.11 bits per heavy atom. The molecule has 0 aromatic heterocycles. The first kappa shape index (κ1) is 17.3. The van der Waals surface area contributed by atoms with Crippen molar-refractivity contribution in [3.8, 4) is 0 Å². The Kier molecular flexibility index (Phi) is 3.77. The van der Waals surface area contributed by atoms with Gasteiger partial charge in [0.05, 0.1) is 25.1 Å². The predicted octanol–water partition coefficient (Wildman–Crippen LogP) is 2.88. The van der Waals surface area contributed by atoms with E-state index in [9.17, 15) is 18.4 Å². The lowest BCUT2D eigenvalue weighted by molar-refractivity contribution is -0.138. The molecule has 1 spiro atoms. The molecule has 2 aromatic rings. The summed E-state index contributed by atoms with van der Waals surface area (Å²) >= 11 is 0. The van der Waals surface area contributed by atoms with Crippen molar-refractivity contribution in [1.29, 1.82) is 0 Å². The van der Waals surface area contributed by atoms with Crippen LogP contribution in [0.3, 0.4) is 0 Å². The second-order valence-corrected chi connectivity index (χ2v) is 7.44. The minimum absolute atomic E-state index is 0.0564. The van der Waals surface area contributed by atoms with Gasteiger partial charge in [0.25, 0.3) is 5.91 Å². The number of carbonyl (C=O) groups excluding carboxylic acids is 2. The Morgan fingerprint density at radius 2 is 1.89 bits per heavy atom. The van der Waals surface area contributed by atoms with Crippen LogP contribution >= 0.6 is 0 Å². The Bertz CT molecular complexity index is 967. The standard InChI is InChI=1S/C21H18F2N2O3/c22-15-7-6-14(10-16(15)23)20(27)24-9-8-21-18(24)11-19(26)25(21)17(12-28-21)13-4-2-1-3-5-13/h1-7,10,17-18H,8-9,11-12H2/t17-,18+,21-/m0/s1. The lowest BCUT2D eigenvalue weighted by atomic mass is 10.0. The molecule has 5 rings (SSSR count). The van der Waals surface area contributed by atoms with Crippen LogP contribution in [0.15, 0.2) is 48.5 Å². The topological polar surface area (TPSA) is 49.9 Å². The van der Waals surface area contributed by atoms with E-state index in [2.05, 4.69) is 0 Å². The molecule has 3 fully saturated rings. The normalized spacial score (nSPS) is 28.6. The molecule has 2 amide bonds. The van der Waals surface area contributed by atoms with Gasteiger partial charge >= 0.3 is 0 Å². The van der Waals surface area contributed by atoms with E-state index in [0.717, 1.165) is 17.7 Å². The SMILES string of the molecule is O=C(c1ccc(F)c(F)c1)N1CC[C@@]23OC[C@@H](c4ccccc4)N2C(=O)C[C@@H]13. The Balaban J connectivity index is 1.46. The van der Waals surface area contributed by atoms with Gasteiger partial charge < -0.3 is 14.5 Å². The van der Waals surface area contributed by atoms with Gasteiger partial charge in [-0.1, -0.05) is 30.3 Å². The first-order chi connectivity index (χ1) is 13.5. The summed E-state index contributed by atoms with van der Waals surface area (Å²) in [6.45, 7) is 0.771. The van der Waals surface area contributed by atoms with Gasteiger partial charge in [0.2, 0.25) is 5.91 Å². The number of carbonyl (C=O) groups is 2. The van der Waals surface area contributed by atoms with E-state index < -0.39 is 29.3 Å². The maximum atomic E-state index is 13.6. The lowest BCUT2D eigenvalue weighted by Gasteiger charge is -2.33. The van der Waals surface area contributed by atoms with Crippen molar-refractivity contribution in [2.45, 2.75) is 30.7 Å². The molecule has 0 bridgehead atoms. The van der Waals surface area contributed by atoms with E-state index in [0.29, 0.717) is 19.6 Å². The summed E-state index contributed by atoms with van der Waals surface area (Å²) in [5.41, 5.74) is 0.226. The molecule has 3 saturated heterocycles. The summed E-state index contributed by atoms with van der Waals surface area (Å²) in [6.07, 6.45) is 0.668. The maximum absolute atomic E-state index is 13.6. The molecule has 0 unspecified atom stereocenters. The van der Waals surface area contributed by atoms with Crippen molar-refractivity contribution in [3.05, 3.63) is 71.3 Å². The fourth-order valence-electron chi connectivity index (χ4n) is 4.80. The number of hydrogen-bond donors (Lipinski definition) is 0. The number of amides is 2. The molecule has 0 aliphatic carbocycles. The minimum Gasteiger partial charge on any atom is -0.351 e. The zero-order valence-electron chi connectivity index (χ0n) is 15.0. The van der Waals surface area contributed by atoms with Gasteiger partial charge in [-0.25, -0.2) is 8.78 Å². The van der Waals surface area contributed by atoms with Crippen molar-refractivity contribution >= 4 is 11.8 Å². The van der Waals surface area contributed by atoms with Gasteiger partial charge in [-0.05, 0) is 23.8 Å². The molecule has 3 aliphatic heterocycles. The van der Waals surface area contributed by atoms with Gasteiger partial charge in [-0.3, -0.25) is 9.59 Å². The summed E-state index contributed by atoms with van der Waals surface area (Å²) in [5.74, 6) is -2.53. The molecule has 7 heteroatoms. The maximum Gasteiger partial charge on any atom is 0.254 e. The molecule has 144 valence electrons. The number of halogens is 2. The van der Waals surface area contributed by atoms with Gasteiger partial charge in [-0.2, -0.15) is 0 Å². The predicted molar refractivity (Wildman–Crippen MR) is 95.1 cm³/mol. The molecular formula is C21H18F2N2O3. The largest absolute Gasteiger partial charge is 0.351 e. The molecule has 0 N–H and O–H groups in total. The summed E-state index contributed by atoms with van der Waals surface area (Å²) < 4.78 is 33.0. The van der Waals surface area contributed by atoms with Gasteiger partial charge in [0, 0.05) is 18.5 Å². The van der Waals surface area contributed by atoms with Crippen molar-refractivity contribution < 1.29 is 23.1 Å². The van der Waals surface area contributed by atoms with Crippen molar-refractivity contribution in [2.24, 2.45) is 0 Å². The summed E-state index contributed by atoms with van der Waals surface area (Å²) in [7, 11) is 0. The number of nitrogens with zero attached hydrogens (tertiary/aromatic N) is 2. The molecular weight excluding hydrogens is 366 g/mol. The molecule has 28 heavy (non-hydrogen) atoms. The Morgan fingerprint density at radius 3 is 2.64 bits per heavy atom. The van der Waals surface area contributed by atoms with Crippen molar-refractivity contribution in [2.75, 3.05) is 13.2 Å². The van der Waals surface area contributed by atoms with Crippen molar-refractivity contribution in [3.63, 3.8) is 0 Å². The van der Waals surface area contributed by atoms with Gasteiger partial charge in [0.15, 0.2) is 17.4 Å². The molecule has 2 aromatic carbocycles. The molecule has 3 atom stereocenters. The van der Waals surface area contributed by atoms with Crippen LogP contribution in [-0.2, 0) is 9.53 Å². The fraction of sp³-hybridized carbons (Fsp3) is 0.333. The first-order valence-electron chi connectivity index (χ1n) is 9.28. The van der Waals surface area contributed by atoms with Crippen LogP contribution in [0.4, 0.5) is 8.78 Å². The van der Waals surface area contributed by atoms with E-state index in [1.807, 2.05) is 30.3 Å². The van der Waals surface area contributed by atoms with Crippen molar-refractivity contribution in [1.82, 2.24) is 9.80 Å². The first-order valence-corrected chi connectivity index (χ1v) is 9.28. The van der Waals surface area contributed by atoms with Crippen LogP contribution in [0.2, 0.25) is 0 Å². The quantitative estimate of drug-likeness (QED) is 0.800. The average molecular weight is 384 g/mol. The van der Waals surface area contributed by atoms with E-state index in [1.165, 1.54) is 6.07 Å². The summed E-state index contributed by atoms with van der Waals surface area (Å²) in [5, 5.41) is 0. The molecule has 5 nitrogen and oxygen atoms in total. The molecule has 3 heterocycles. The zero-order chi connectivity index (χ0) is 19.5. The second-order valence-electron chi connectivity index (χ2n) is 7.44. The number of hydrogen-bond acceptors (Lipinski definition) is 3. The smallest absolute Gasteiger partial charge is 0.254 e. The van der Waals surface area contributed by atoms with Crippen LogP contribution in [0, 0.1) is 11.6 Å². The highest BCUT2D eigenvalue weighted by Crippen LogP contribution is 2.51. The molecule has 0 radical (unpaired) electrons. The van der Waals surface area contributed by atoms with E-state index in [-0.39, 0.29) is 23.9 Å². The molecule has 0 saturated carbocycles. The third-order valence-electron chi connectivity index (χ3n) is 6.07. The second kappa shape index (κ2) is 6.10. The van der Waals surface area contributed by atoms with Gasteiger partial charge in [-0.15, -0.1) is 0 Å². The van der Waals surface area contributed by atoms with Crippen LogP contribution < -0.4 is 0 Å². The van der Waals surface area contributed by atoms with Gasteiger partial charge in [0.1, 0.15) is 0 Å². The van der Waals surface area contributed by atoms with Crippen LogP contribution in [0.5, 0.6) is 0 Å². The summed E-state index contributed by atoms with van der Waals surface area (Å²) in [4.78, 5) is 29.1. The monoisotopic (exact) mass is 384 g/mol. The third-order valence-corrected chi connectivity index (χ3v) is 6.07. The highest BCUT2D eigenvalue weighted by molar-refractivity contribution is 5.96. The number of likely N-dealkylation sites (tertiary alicyclic amines) is 1. The Labute approximate surface area is 160 Å².